The monoisotopic (exact) mass is 284 g/mol. The maximum Gasteiger partial charge on any atom is 0.248 e. The summed E-state index contributed by atoms with van der Waals surface area (Å²) in [5, 5.41) is 2.82. The SMILES string of the molecule is CC(C)CC1C(=O)NC(C)(C)C(=O)N1CCOC(C)C. The number of piperazine rings is 1. The van der Waals surface area contributed by atoms with E-state index in [4.69, 9.17) is 4.74 Å². The lowest BCUT2D eigenvalue weighted by molar-refractivity contribution is -0.155. The van der Waals surface area contributed by atoms with E-state index in [1.54, 1.807) is 18.7 Å². The molecule has 0 spiro atoms. The number of hydrogen-bond donors (Lipinski definition) is 1. The minimum atomic E-state index is -0.831. The zero-order valence-electron chi connectivity index (χ0n) is 13.5. The molecule has 1 unspecified atom stereocenters. The molecule has 1 aliphatic rings. The van der Waals surface area contributed by atoms with E-state index in [1.165, 1.54) is 0 Å². The van der Waals surface area contributed by atoms with Gasteiger partial charge in [-0.3, -0.25) is 9.59 Å². The van der Waals surface area contributed by atoms with Gasteiger partial charge in [-0.25, -0.2) is 0 Å². The Hall–Kier alpha value is -1.10. The van der Waals surface area contributed by atoms with E-state index >= 15 is 0 Å². The van der Waals surface area contributed by atoms with Gasteiger partial charge in [0.15, 0.2) is 0 Å². The van der Waals surface area contributed by atoms with E-state index in [-0.39, 0.29) is 24.0 Å². The van der Waals surface area contributed by atoms with E-state index in [9.17, 15) is 9.59 Å². The van der Waals surface area contributed by atoms with E-state index < -0.39 is 5.54 Å². The number of rotatable bonds is 6. The second kappa shape index (κ2) is 6.57. The van der Waals surface area contributed by atoms with Gasteiger partial charge in [-0.1, -0.05) is 13.8 Å². The Bertz CT molecular complexity index is 364. The van der Waals surface area contributed by atoms with Crippen molar-refractivity contribution in [3.63, 3.8) is 0 Å². The minimum absolute atomic E-state index is 0.0323. The van der Waals surface area contributed by atoms with Crippen LogP contribution in [-0.4, -0.2) is 47.6 Å². The summed E-state index contributed by atoms with van der Waals surface area (Å²) >= 11 is 0. The number of hydrogen-bond acceptors (Lipinski definition) is 3. The molecule has 0 bridgehead atoms. The van der Waals surface area contributed by atoms with Crippen LogP contribution in [0.4, 0.5) is 0 Å². The van der Waals surface area contributed by atoms with Gasteiger partial charge in [0, 0.05) is 6.54 Å². The predicted molar refractivity (Wildman–Crippen MR) is 78.3 cm³/mol. The summed E-state index contributed by atoms with van der Waals surface area (Å²) in [4.78, 5) is 26.5. The smallest absolute Gasteiger partial charge is 0.248 e. The second-order valence-electron chi connectivity index (χ2n) is 6.68. The summed E-state index contributed by atoms with van der Waals surface area (Å²) in [5.74, 6) is 0.260. The van der Waals surface area contributed by atoms with E-state index in [1.807, 2.05) is 13.8 Å². The maximum absolute atomic E-state index is 12.5. The summed E-state index contributed by atoms with van der Waals surface area (Å²) in [6, 6.07) is -0.383. The molecule has 1 saturated heterocycles. The van der Waals surface area contributed by atoms with Crippen LogP contribution in [-0.2, 0) is 14.3 Å². The Balaban J connectivity index is 2.83. The average molecular weight is 284 g/mol. The molecule has 1 atom stereocenters. The van der Waals surface area contributed by atoms with E-state index in [0.717, 1.165) is 0 Å². The molecular weight excluding hydrogens is 256 g/mol. The first-order valence-corrected chi connectivity index (χ1v) is 7.40. The third-order valence-electron chi connectivity index (χ3n) is 3.39. The largest absolute Gasteiger partial charge is 0.377 e. The van der Waals surface area contributed by atoms with Crippen molar-refractivity contribution < 1.29 is 14.3 Å². The van der Waals surface area contributed by atoms with Crippen molar-refractivity contribution in [1.29, 1.82) is 0 Å². The van der Waals surface area contributed by atoms with Gasteiger partial charge in [-0.05, 0) is 40.0 Å². The highest BCUT2D eigenvalue weighted by Gasteiger charge is 2.44. The number of carbonyl (C=O) groups excluding carboxylic acids is 2. The number of ether oxygens (including phenoxy) is 1. The first-order valence-electron chi connectivity index (χ1n) is 7.40. The molecule has 0 aromatic rings. The highest BCUT2D eigenvalue weighted by Crippen LogP contribution is 2.22. The van der Waals surface area contributed by atoms with Crippen molar-refractivity contribution in [2.75, 3.05) is 13.2 Å². The minimum Gasteiger partial charge on any atom is -0.377 e. The van der Waals surface area contributed by atoms with Crippen LogP contribution in [0.2, 0.25) is 0 Å². The highest BCUT2D eigenvalue weighted by atomic mass is 16.5. The van der Waals surface area contributed by atoms with Crippen molar-refractivity contribution in [3.05, 3.63) is 0 Å². The fourth-order valence-electron chi connectivity index (χ4n) is 2.41. The zero-order chi connectivity index (χ0) is 15.5. The summed E-state index contributed by atoms with van der Waals surface area (Å²) in [6.07, 6.45) is 0.801. The molecule has 0 aliphatic carbocycles. The summed E-state index contributed by atoms with van der Waals surface area (Å²) < 4.78 is 5.52. The predicted octanol–water partition coefficient (Wildman–Crippen LogP) is 1.56. The van der Waals surface area contributed by atoms with Gasteiger partial charge in [-0.2, -0.15) is 0 Å². The molecule has 0 aromatic carbocycles. The Labute approximate surface area is 122 Å². The topological polar surface area (TPSA) is 58.6 Å². The Kier molecular flexibility index (Phi) is 5.57. The highest BCUT2D eigenvalue weighted by molar-refractivity contribution is 5.99. The van der Waals surface area contributed by atoms with Gasteiger partial charge < -0.3 is 15.0 Å². The van der Waals surface area contributed by atoms with Crippen LogP contribution in [0.1, 0.15) is 48.0 Å². The molecule has 5 heteroatoms. The van der Waals surface area contributed by atoms with Gasteiger partial charge in [-0.15, -0.1) is 0 Å². The summed E-state index contributed by atoms with van der Waals surface area (Å²) in [6.45, 7) is 12.4. The lowest BCUT2D eigenvalue weighted by Gasteiger charge is -2.43. The van der Waals surface area contributed by atoms with Crippen molar-refractivity contribution in [3.8, 4) is 0 Å². The average Bonchev–Trinajstić information content (AvgIpc) is 2.28. The third kappa shape index (κ3) is 4.20. The van der Waals surface area contributed by atoms with Crippen molar-refractivity contribution >= 4 is 11.8 Å². The van der Waals surface area contributed by atoms with Gasteiger partial charge in [0.1, 0.15) is 11.6 Å². The maximum atomic E-state index is 12.5. The molecule has 1 N–H and O–H groups in total. The van der Waals surface area contributed by atoms with Crippen molar-refractivity contribution in [1.82, 2.24) is 10.2 Å². The first-order chi connectivity index (χ1) is 9.15. The van der Waals surface area contributed by atoms with Crippen LogP contribution in [0.3, 0.4) is 0 Å². The van der Waals surface area contributed by atoms with Crippen LogP contribution >= 0.6 is 0 Å². The van der Waals surface area contributed by atoms with Gasteiger partial charge >= 0.3 is 0 Å². The molecule has 1 aliphatic heterocycles. The van der Waals surface area contributed by atoms with Gasteiger partial charge in [0.05, 0.1) is 12.7 Å². The van der Waals surface area contributed by atoms with Crippen LogP contribution in [0, 0.1) is 5.92 Å². The fourth-order valence-corrected chi connectivity index (χ4v) is 2.41. The van der Waals surface area contributed by atoms with Crippen LogP contribution in [0.5, 0.6) is 0 Å². The van der Waals surface area contributed by atoms with Gasteiger partial charge in [0.25, 0.3) is 0 Å². The summed E-state index contributed by atoms with van der Waals surface area (Å²) in [7, 11) is 0. The van der Waals surface area contributed by atoms with Crippen LogP contribution in [0.25, 0.3) is 0 Å². The lowest BCUT2D eigenvalue weighted by Crippen LogP contribution is -2.68. The molecular formula is C15H28N2O3. The van der Waals surface area contributed by atoms with Crippen LogP contribution < -0.4 is 5.32 Å². The number of amides is 2. The molecule has 116 valence electrons. The first kappa shape index (κ1) is 17.0. The van der Waals surface area contributed by atoms with E-state index in [2.05, 4.69) is 19.2 Å². The molecule has 0 saturated carbocycles. The number of nitrogens with one attached hydrogen (secondary N) is 1. The molecule has 2 amide bonds. The second-order valence-corrected chi connectivity index (χ2v) is 6.68. The Morgan fingerprint density at radius 3 is 2.35 bits per heavy atom. The molecule has 5 nitrogen and oxygen atoms in total. The van der Waals surface area contributed by atoms with Crippen LogP contribution in [0.15, 0.2) is 0 Å². The number of nitrogens with zero attached hydrogens (tertiary/aromatic N) is 1. The third-order valence-corrected chi connectivity index (χ3v) is 3.39. The standard InChI is InChI=1S/C15H28N2O3/c1-10(2)9-12-13(18)16-15(5,6)14(19)17(12)7-8-20-11(3)4/h10-12H,7-9H2,1-6H3,(H,16,18). The normalized spacial score (nSPS) is 22.6. The molecule has 0 radical (unpaired) electrons. The molecule has 1 heterocycles. The van der Waals surface area contributed by atoms with Crippen molar-refractivity contribution in [2.45, 2.75) is 65.6 Å². The lowest BCUT2D eigenvalue weighted by atomic mass is 9.92. The molecule has 20 heavy (non-hydrogen) atoms. The van der Waals surface area contributed by atoms with Gasteiger partial charge in [0.2, 0.25) is 11.8 Å². The molecule has 0 aromatic heterocycles. The zero-order valence-corrected chi connectivity index (χ0v) is 13.5. The quantitative estimate of drug-likeness (QED) is 0.805. The molecule has 1 rings (SSSR count). The summed E-state index contributed by atoms with van der Waals surface area (Å²) in [5.41, 5.74) is -0.831. The Morgan fingerprint density at radius 2 is 1.85 bits per heavy atom. The fraction of sp³-hybridized carbons (Fsp3) is 0.867. The van der Waals surface area contributed by atoms with E-state index in [0.29, 0.717) is 25.5 Å². The van der Waals surface area contributed by atoms with Crippen molar-refractivity contribution in [2.24, 2.45) is 5.92 Å². The molecule has 1 fully saturated rings. The Morgan fingerprint density at radius 1 is 1.25 bits per heavy atom. The number of carbonyl (C=O) groups is 2.